The number of H-pyrrole nitrogens is 1. The fraction of sp³-hybridized carbons (Fsp3) is 0.263. The predicted molar refractivity (Wildman–Crippen MR) is 94.2 cm³/mol. The molecule has 0 aliphatic rings. The van der Waals surface area contributed by atoms with Crippen LogP contribution in [0.1, 0.15) is 28.5 Å². The summed E-state index contributed by atoms with van der Waals surface area (Å²) in [6.07, 6.45) is 0. The SMILES string of the molecule is CCOc1ccccc1CN(C)C(=O)c1n[nH]c2ccc(C)cc12. The molecule has 0 saturated carbocycles. The lowest BCUT2D eigenvalue weighted by molar-refractivity contribution is 0.0780. The van der Waals surface area contributed by atoms with Gasteiger partial charge in [-0.05, 0) is 32.0 Å². The lowest BCUT2D eigenvalue weighted by Gasteiger charge is -2.18. The van der Waals surface area contributed by atoms with Gasteiger partial charge < -0.3 is 9.64 Å². The summed E-state index contributed by atoms with van der Waals surface area (Å²) in [6.45, 7) is 5.01. The van der Waals surface area contributed by atoms with Gasteiger partial charge in [0.15, 0.2) is 5.69 Å². The molecule has 0 atom stereocenters. The van der Waals surface area contributed by atoms with Gasteiger partial charge in [0, 0.05) is 24.5 Å². The van der Waals surface area contributed by atoms with Crippen molar-refractivity contribution in [2.75, 3.05) is 13.7 Å². The molecule has 3 rings (SSSR count). The summed E-state index contributed by atoms with van der Waals surface area (Å²) < 4.78 is 5.63. The third-order valence-corrected chi connectivity index (χ3v) is 3.95. The maximum Gasteiger partial charge on any atom is 0.275 e. The molecule has 0 radical (unpaired) electrons. The zero-order valence-electron chi connectivity index (χ0n) is 14.2. The summed E-state index contributed by atoms with van der Waals surface area (Å²) in [7, 11) is 1.78. The Bertz CT molecular complexity index is 870. The molecule has 24 heavy (non-hydrogen) atoms. The third-order valence-electron chi connectivity index (χ3n) is 3.95. The number of para-hydroxylation sites is 1. The molecule has 0 spiro atoms. The van der Waals surface area contributed by atoms with Crippen molar-refractivity contribution in [2.24, 2.45) is 0 Å². The highest BCUT2D eigenvalue weighted by Crippen LogP contribution is 2.22. The number of aryl methyl sites for hydroxylation is 1. The van der Waals surface area contributed by atoms with Crippen LogP contribution in [0.3, 0.4) is 0 Å². The fourth-order valence-electron chi connectivity index (χ4n) is 2.73. The molecule has 5 nitrogen and oxygen atoms in total. The third kappa shape index (κ3) is 3.11. The molecule has 1 amide bonds. The van der Waals surface area contributed by atoms with E-state index in [-0.39, 0.29) is 5.91 Å². The Kier molecular flexibility index (Phi) is 4.51. The van der Waals surface area contributed by atoms with E-state index >= 15 is 0 Å². The van der Waals surface area contributed by atoms with E-state index in [0.717, 1.165) is 27.8 Å². The minimum Gasteiger partial charge on any atom is -0.494 e. The largest absolute Gasteiger partial charge is 0.494 e. The summed E-state index contributed by atoms with van der Waals surface area (Å²) in [5.41, 5.74) is 3.39. The van der Waals surface area contributed by atoms with Gasteiger partial charge in [-0.1, -0.05) is 29.8 Å². The van der Waals surface area contributed by atoms with Gasteiger partial charge in [-0.15, -0.1) is 0 Å². The standard InChI is InChI=1S/C19H21N3O2/c1-4-24-17-8-6-5-7-14(17)12-22(3)19(23)18-15-11-13(2)9-10-16(15)20-21-18/h5-11H,4,12H2,1-3H3,(H,20,21). The number of benzene rings is 2. The molecular formula is C19H21N3O2. The van der Waals surface area contributed by atoms with Gasteiger partial charge in [0.25, 0.3) is 5.91 Å². The maximum absolute atomic E-state index is 12.8. The monoisotopic (exact) mass is 323 g/mol. The Hall–Kier alpha value is -2.82. The molecular weight excluding hydrogens is 302 g/mol. The van der Waals surface area contributed by atoms with Crippen LogP contribution in [0.5, 0.6) is 5.75 Å². The fourth-order valence-corrected chi connectivity index (χ4v) is 2.73. The van der Waals surface area contributed by atoms with Crippen molar-refractivity contribution in [2.45, 2.75) is 20.4 Å². The molecule has 0 fully saturated rings. The van der Waals surface area contributed by atoms with E-state index in [2.05, 4.69) is 10.2 Å². The van der Waals surface area contributed by atoms with E-state index < -0.39 is 0 Å². The van der Waals surface area contributed by atoms with Crippen LogP contribution in [0, 0.1) is 6.92 Å². The van der Waals surface area contributed by atoms with Crippen molar-refractivity contribution in [1.29, 1.82) is 0 Å². The average Bonchev–Trinajstić information content (AvgIpc) is 2.99. The summed E-state index contributed by atoms with van der Waals surface area (Å²) in [5.74, 6) is 0.695. The van der Waals surface area contributed by atoms with Crippen LogP contribution in [0.2, 0.25) is 0 Å². The number of carbonyl (C=O) groups excluding carboxylic acids is 1. The van der Waals surface area contributed by atoms with Crippen molar-refractivity contribution in [1.82, 2.24) is 15.1 Å². The highest BCUT2D eigenvalue weighted by molar-refractivity contribution is 6.04. The predicted octanol–water partition coefficient (Wildman–Crippen LogP) is 3.54. The highest BCUT2D eigenvalue weighted by atomic mass is 16.5. The zero-order valence-corrected chi connectivity index (χ0v) is 14.2. The van der Waals surface area contributed by atoms with Crippen LogP contribution < -0.4 is 4.74 Å². The summed E-state index contributed by atoms with van der Waals surface area (Å²) in [4.78, 5) is 14.5. The van der Waals surface area contributed by atoms with Gasteiger partial charge in [0.2, 0.25) is 0 Å². The maximum atomic E-state index is 12.8. The second-order valence-corrected chi connectivity index (χ2v) is 5.82. The molecule has 0 unspecified atom stereocenters. The van der Waals surface area contributed by atoms with Gasteiger partial charge >= 0.3 is 0 Å². The first-order chi connectivity index (χ1) is 11.6. The quantitative estimate of drug-likeness (QED) is 0.781. The van der Waals surface area contributed by atoms with Crippen LogP contribution in [0.4, 0.5) is 0 Å². The van der Waals surface area contributed by atoms with Gasteiger partial charge in [0.1, 0.15) is 5.75 Å². The number of nitrogens with zero attached hydrogens (tertiary/aromatic N) is 2. The molecule has 124 valence electrons. The van der Waals surface area contributed by atoms with Gasteiger partial charge in [-0.3, -0.25) is 9.89 Å². The molecule has 2 aromatic carbocycles. The minimum absolute atomic E-state index is 0.113. The van der Waals surface area contributed by atoms with Crippen LogP contribution in [0.15, 0.2) is 42.5 Å². The number of hydrogen-bond acceptors (Lipinski definition) is 3. The molecule has 5 heteroatoms. The van der Waals surface area contributed by atoms with Crippen molar-refractivity contribution in [3.8, 4) is 5.75 Å². The summed E-state index contributed by atoms with van der Waals surface area (Å²) in [6, 6.07) is 13.7. The van der Waals surface area contributed by atoms with Crippen LogP contribution in [-0.4, -0.2) is 34.7 Å². The van der Waals surface area contributed by atoms with Gasteiger partial charge in [0.05, 0.1) is 12.1 Å². The molecule has 0 bridgehead atoms. The first kappa shape index (κ1) is 16.1. The zero-order chi connectivity index (χ0) is 17.1. The Morgan fingerprint density at radius 3 is 2.83 bits per heavy atom. The van der Waals surface area contributed by atoms with E-state index in [1.165, 1.54) is 0 Å². The number of fused-ring (bicyclic) bond motifs is 1. The van der Waals surface area contributed by atoms with E-state index in [1.807, 2.05) is 56.3 Å². The van der Waals surface area contributed by atoms with Gasteiger partial charge in [-0.2, -0.15) is 5.10 Å². The van der Waals surface area contributed by atoms with E-state index in [4.69, 9.17) is 4.74 Å². The molecule has 1 aromatic heterocycles. The molecule has 1 N–H and O–H groups in total. The van der Waals surface area contributed by atoms with Crippen molar-refractivity contribution in [3.63, 3.8) is 0 Å². The van der Waals surface area contributed by atoms with Crippen molar-refractivity contribution >= 4 is 16.8 Å². The van der Waals surface area contributed by atoms with E-state index in [0.29, 0.717) is 18.8 Å². The number of ether oxygens (including phenoxy) is 1. The molecule has 3 aromatic rings. The number of aromatic amines is 1. The van der Waals surface area contributed by atoms with Crippen LogP contribution >= 0.6 is 0 Å². The minimum atomic E-state index is -0.113. The topological polar surface area (TPSA) is 58.2 Å². The number of amides is 1. The molecule has 1 heterocycles. The lowest BCUT2D eigenvalue weighted by Crippen LogP contribution is -2.27. The highest BCUT2D eigenvalue weighted by Gasteiger charge is 2.19. The Morgan fingerprint density at radius 2 is 2.04 bits per heavy atom. The Balaban J connectivity index is 1.85. The Morgan fingerprint density at radius 1 is 1.25 bits per heavy atom. The summed E-state index contributed by atoms with van der Waals surface area (Å²) in [5, 5.41) is 7.99. The lowest BCUT2D eigenvalue weighted by atomic mass is 10.1. The summed E-state index contributed by atoms with van der Waals surface area (Å²) >= 11 is 0. The first-order valence-corrected chi connectivity index (χ1v) is 8.01. The van der Waals surface area contributed by atoms with Crippen molar-refractivity contribution < 1.29 is 9.53 Å². The van der Waals surface area contributed by atoms with Crippen molar-refractivity contribution in [3.05, 3.63) is 59.3 Å². The molecule has 0 aliphatic carbocycles. The number of aromatic nitrogens is 2. The second kappa shape index (κ2) is 6.74. The van der Waals surface area contributed by atoms with E-state index in [1.54, 1.807) is 11.9 Å². The number of hydrogen-bond donors (Lipinski definition) is 1. The van der Waals surface area contributed by atoms with Crippen LogP contribution in [-0.2, 0) is 6.54 Å². The van der Waals surface area contributed by atoms with Gasteiger partial charge in [-0.25, -0.2) is 0 Å². The smallest absolute Gasteiger partial charge is 0.275 e. The number of rotatable bonds is 5. The van der Waals surface area contributed by atoms with E-state index in [9.17, 15) is 4.79 Å². The first-order valence-electron chi connectivity index (χ1n) is 8.01. The second-order valence-electron chi connectivity index (χ2n) is 5.82. The van der Waals surface area contributed by atoms with Crippen LogP contribution in [0.25, 0.3) is 10.9 Å². The number of carbonyl (C=O) groups is 1. The number of nitrogens with one attached hydrogen (secondary N) is 1. The average molecular weight is 323 g/mol. The molecule has 0 aliphatic heterocycles. The normalized spacial score (nSPS) is 10.8. The molecule has 0 saturated heterocycles. The Labute approximate surface area is 141 Å².